The van der Waals surface area contributed by atoms with Crippen molar-refractivity contribution in [2.24, 2.45) is 11.1 Å². The summed E-state index contributed by atoms with van der Waals surface area (Å²) >= 11 is 1.30. The zero-order chi connectivity index (χ0) is 22.6. The highest BCUT2D eigenvalue weighted by molar-refractivity contribution is 8.03. The second kappa shape index (κ2) is 9.67. The minimum atomic E-state index is -1.07. The highest BCUT2D eigenvalue weighted by Crippen LogP contribution is 2.51. The molecule has 0 radical (unpaired) electrons. The summed E-state index contributed by atoms with van der Waals surface area (Å²) in [6.07, 6.45) is 2.55. The Hall–Kier alpha value is -2.97. The van der Waals surface area contributed by atoms with Gasteiger partial charge in [-0.05, 0) is 30.5 Å². The fourth-order valence-corrected chi connectivity index (χ4v) is 5.89. The summed E-state index contributed by atoms with van der Waals surface area (Å²) in [6, 6.07) is 19.1. The van der Waals surface area contributed by atoms with Gasteiger partial charge in [-0.2, -0.15) is 0 Å². The maximum atomic E-state index is 13.1. The van der Waals surface area contributed by atoms with E-state index < -0.39 is 28.8 Å². The fraction of sp³-hybridized carbons (Fsp3) is 0.333. The first-order chi connectivity index (χ1) is 15.5. The number of nitrogens with zero attached hydrogens (tertiary/aromatic N) is 1. The number of carboxylic acid groups (broad SMARTS) is 1. The van der Waals surface area contributed by atoms with E-state index in [1.165, 1.54) is 11.8 Å². The van der Waals surface area contributed by atoms with Crippen LogP contribution in [0.4, 0.5) is 5.69 Å². The third kappa shape index (κ3) is 4.33. The number of ether oxygens (including phenoxy) is 1. The molecule has 1 aliphatic heterocycles. The van der Waals surface area contributed by atoms with Crippen LogP contribution in [0.25, 0.3) is 0 Å². The fourth-order valence-electron chi connectivity index (χ4n) is 4.50. The molecule has 1 saturated carbocycles. The van der Waals surface area contributed by atoms with Crippen molar-refractivity contribution in [3.05, 3.63) is 77.3 Å². The zero-order valence-corrected chi connectivity index (χ0v) is 18.5. The van der Waals surface area contributed by atoms with Crippen LogP contribution in [0.3, 0.4) is 0 Å². The number of amides is 1. The SMILES string of the molecule is NC(=O)[C@]1(C2SC=C(C(=O)O)N2Nc2ccccc2)CCCC[C@@H]1OCc1ccccc1. The molecule has 0 saturated heterocycles. The van der Waals surface area contributed by atoms with Gasteiger partial charge >= 0.3 is 5.97 Å². The van der Waals surface area contributed by atoms with E-state index in [-0.39, 0.29) is 5.70 Å². The van der Waals surface area contributed by atoms with Gasteiger partial charge in [-0.3, -0.25) is 15.2 Å². The van der Waals surface area contributed by atoms with Gasteiger partial charge < -0.3 is 15.6 Å². The summed E-state index contributed by atoms with van der Waals surface area (Å²) < 4.78 is 6.31. The number of hydrogen-bond donors (Lipinski definition) is 3. The number of rotatable bonds is 8. The number of para-hydroxylation sites is 1. The van der Waals surface area contributed by atoms with Gasteiger partial charge in [0, 0.05) is 5.41 Å². The molecule has 7 nitrogen and oxygen atoms in total. The minimum Gasteiger partial charge on any atom is -0.477 e. The maximum Gasteiger partial charge on any atom is 0.354 e. The summed E-state index contributed by atoms with van der Waals surface area (Å²) in [4.78, 5) is 25.0. The molecule has 3 atom stereocenters. The van der Waals surface area contributed by atoms with Crippen LogP contribution < -0.4 is 11.2 Å². The number of carbonyl (C=O) groups excluding carboxylic acids is 1. The number of thioether (sulfide) groups is 1. The van der Waals surface area contributed by atoms with Gasteiger partial charge in [0.15, 0.2) is 0 Å². The predicted octanol–water partition coefficient (Wildman–Crippen LogP) is 3.95. The average molecular weight is 454 g/mol. The predicted molar refractivity (Wildman–Crippen MR) is 124 cm³/mol. The number of nitrogens with two attached hydrogens (primary N) is 1. The summed E-state index contributed by atoms with van der Waals surface area (Å²) in [5.74, 6) is -1.53. The standard InChI is InChI=1S/C24H27N3O4S/c25-22(30)24(14-8-7-13-20(24)31-15-17-9-3-1-4-10-17)23-27(19(16-32-23)21(28)29)26-18-11-5-2-6-12-18/h1-6,9-12,16,20,23,26H,7-8,13-15H2,(H2,25,30)(H,28,29)/t20-,23?,24-/m0/s1. The summed E-state index contributed by atoms with van der Waals surface area (Å²) in [6.45, 7) is 0.364. The van der Waals surface area contributed by atoms with Gasteiger partial charge in [-0.25, -0.2) is 4.79 Å². The largest absolute Gasteiger partial charge is 0.477 e. The van der Waals surface area contributed by atoms with Gasteiger partial charge in [0.25, 0.3) is 0 Å². The maximum absolute atomic E-state index is 13.1. The second-order valence-corrected chi connectivity index (χ2v) is 9.03. The molecule has 0 aromatic heterocycles. The van der Waals surface area contributed by atoms with Gasteiger partial charge in [0.2, 0.25) is 5.91 Å². The number of aliphatic carboxylic acids is 1. The first kappa shape index (κ1) is 22.2. The first-order valence-corrected chi connectivity index (χ1v) is 11.6. The number of primary amides is 1. The molecule has 0 bridgehead atoms. The Bertz CT molecular complexity index is 985. The van der Waals surface area contributed by atoms with Crippen molar-refractivity contribution in [1.29, 1.82) is 0 Å². The van der Waals surface area contributed by atoms with Crippen LogP contribution in [0.1, 0.15) is 31.2 Å². The number of hydrogen-bond acceptors (Lipinski definition) is 6. The van der Waals surface area contributed by atoms with Gasteiger partial charge in [0.05, 0.1) is 18.4 Å². The Balaban J connectivity index is 1.66. The summed E-state index contributed by atoms with van der Waals surface area (Å²) in [5.41, 5.74) is 10.0. The number of anilines is 1. The molecule has 1 fully saturated rings. The summed E-state index contributed by atoms with van der Waals surface area (Å²) in [5, 5.41) is 12.4. The smallest absolute Gasteiger partial charge is 0.354 e. The molecular weight excluding hydrogens is 426 g/mol. The van der Waals surface area contributed by atoms with Crippen molar-refractivity contribution in [3.8, 4) is 0 Å². The Labute approximate surface area is 191 Å². The highest BCUT2D eigenvalue weighted by Gasteiger charge is 2.57. The third-order valence-electron chi connectivity index (χ3n) is 6.12. The molecule has 8 heteroatoms. The molecule has 4 rings (SSSR count). The van der Waals surface area contributed by atoms with E-state index >= 15 is 0 Å². The molecule has 1 aliphatic carbocycles. The number of nitrogens with one attached hydrogen (secondary N) is 1. The van der Waals surface area contributed by atoms with E-state index in [0.717, 1.165) is 24.1 Å². The molecule has 2 aliphatic rings. The Morgan fingerprint density at radius 3 is 2.47 bits per heavy atom. The van der Waals surface area contributed by atoms with Crippen LogP contribution >= 0.6 is 11.8 Å². The van der Waals surface area contributed by atoms with E-state index in [1.54, 1.807) is 10.4 Å². The van der Waals surface area contributed by atoms with Crippen LogP contribution in [0.2, 0.25) is 0 Å². The molecule has 2 aromatic carbocycles. The van der Waals surface area contributed by atoms with Crippen molar-refractivity contribution in [1.82, 2.24) is 5.01 Å². The molecule has 1 unspecified atom stereocenters. The number of carboxylic acids is 1. The normalized spacial score (nSPS) is 25.2. The van der Waals surface area contributed by atoms with Gasteiger partial charge in [-0.1, -0.05) is 61.4 Å². The Morgan fingerprint density at radius 2 is 1.81 bits per heavy atom. The lowest BCUT2D eigenvalue weighted by molar-refractivity contribution is -0.150. The van der Waals surface area contributed by atoms with Crippen LogP contribution in [-0.4, -0.2) is 33.5 Å². The second-order valence-electron chi connectivity index (χ2n) is 8.08. The van der Waals surface area contributed by atoms with Crippen LogP contribution in [0.5, 0.6) is 0 Å². The monoisotopic (exact) mass is 453 g/mol. The topological polar surface area (TPSA) is 105 Å². The summed E-state index contributed by atoms with van der Waals surface area (Å²) in [7, 11) is 0. The molecule has 168 valence electrons. The highest BCUT2D eigenvalue weighted by atomic mass is 32.2. The molecular formula is C24H27N3O4S. The van der Waals surface area contributed by atoms with Gasteiger partial charge in [-0.15, -0.1) is 11.8 Å². The number of hydrazine groups is 1. The first-order valence-electron chi connectivity index (χ1n) is 10.7. The molecule has 0 spiro atoms. The third-order valence-corrected chi connectivity index (χ3v) is 7.37. The van der Waals surface area contributed by atoms with Crippen molar-refractivity contribution < 1.29 is 19.4 Å². The molecule has 2 aromatic rings. The van der Waals surface area contributed by atoms with Crippen molar-refractivity contribution in [3.63, 3.8) is 0 Å². The Kier molecular flexibility index (Phi) is 6.72. The molecule has 32 heavy (non-hydrogen) atoms. The van der Waals surface area contributed by atoms with E-state index in [0.29, 0.717) is 19.4 Å². The lowest BCUT2D eigenvalue weighted by atomic mass is 9.70. The molecule has 1 amide bonds. The Morgan fingerprint density at radius 1 is 1.12 bits per heavy atom. The van der Waals surface area contributed by atoms with E-state index in [2.05, 4.69) is 5.43 Å². The van der Waals surface area contributed by atoms with Crippen LogP contribution in [-0.2, 0) is 20.9 Å². The minimum absolute atomic E-state index is 0.0804. The van der Waals surface area contributed by atoms with Crippen molar-refractivity contribution in [2.45, 2.75) is 43.8 Å². The van der Waals surface area contributed by atoms with E-state index in [4.69, 9.17) is 10.5 Å². The van der Waals surface area contributed by atoms with Crippen molar-refractivity contribution >= 4 is 29.3 Å². The van der Waals surface area contributed by atoms with Crippen LogP contribution in [0, 0.1) is 5.41 Å². The van der Waals surface area contributed by atoms with E-state index in [1.807, 2.05) is 60.7 Å². The lowest BCUT2D eigenvalue weighted by Gasteiger charge is -2.48. The molecule has 4 N–H and O–H groups in total. The molecule has 1 heterocycles. The van der Waals surface area contributed by atoms with Crippen LogP contribution in [0.15, 0.2) is 71.8 Å². The van der Waals surface area contributed by atoms with Crippen molar-refractivity contribution in [2.75, 3.05) is 5.43 Å². The average Bonchev–Trinajstić information content (AvgIpc) is 3.23. The quantitative estimate of drug-likeness (QED) is 0.556. The van der Waals surface area contributed by atoms with Gasteiger partial charge in [0.1, 0.15) is 16.5 Å². The van der Waals surface area contributed by atoms with E-state index in [9.17, 15) is 14.7 Å². The number of carbonyl (C=O) groups is 2. The lowest BCUT2D eigenvalue weighted by Crippen LogP contribution is -2.60. The zero-order valence-electron chi connectivity index (χ0n) is 17.6. The number of benzene rings is 2.